The Hall–Kier alpha value is -1.07. The summed E-state index contributed by atoms with van der Waals surface area (Å²) in [4.78, 5) is 0. The van der Waals surface area contributed by atoms with Gasteiger partial charge in [0.1, 0.15) is 0 Å². The molecule has 0 spiro atoms. The highest BCUT2D eigenvalue weighted by Crippen LogP contribution is 2.25. The smallest absolute Gasteiger partial charge is 0.212 e. The van der Waals surface area contributed by atoms with E-state index in [4.69, 9.17) is 23.2 Å². The van der Waals surface area contributed by atoms with E-state index in [1.165, 1.54) is 5.56 Å². The fourth-order valence-corrected chi connectivity index (χ4v) is 4.20. The molecule has 0 aliphatic carbocycles. The van der Waals surface area contributed by atoms with Crippen LogP contribution < -0.4 is 4.72 Å². The van der Waals surface area contributed by atoms with Gasteiger partial charge in [-0.15, -0.1) is 0 Å². The fraction of sp³-hybridized carbons (Fsp3) is 0.368. The van der Waals surface area contributed by atoms with Crippen LogP contribution in [0, 0.1) is 0 Å². The van der Waals surface area contributed by atoms with Crippen LogP contribution in [0.25, 0.3) is 0 Å². The van der Waals surface area contributed by atoms with E-state index < -0.39 is 10.0 Å². The van der Waals surface area contributed by atoms with Crippen molar-refractivity contribution in [1.29, 1.82) is 0 Å². The van der Waals surface area contributed by atoms with Crippen molar-refractivity contribution in [1.82, 2.24) is 4.72 Å². The number of hydrogen-bond donors (Lipinski definition) is 1. The first-order valence-corrected chi connectivity index (χ1v) is 10.4. The van der Waals surface area contributed by atoms with Crippen LogP contribution in [0.3, 0.4) is 0 Å². The average Bonchev–Trinajstić information content (AvgIpc) is 2.49. The monoisotopic (exact) mass is 399 g/mol. The summed E-state index contributed by atoms with van der Waals surface area (Å²) in [7, 11) is -3.50. The van der Waals surface area contributed by atoms with E-state index in [-0.39, 0.29) is 17.2 Å². The van der Waals surface area contributed by atoms with E-state index in [1.807, 2.05) is 31.2 Å². The third kappa shape index (κ3) is 5.71. The third-order valence-electron chi connectivity index (χ3n) is 3.97. The second-order valence-corrected chi connectivity index (χ2v) is 9.79. The van der Waals surface area contributed by atoms with Crippen LogP contribution in [0.1, 0.15) is 50.4 Å². The fourth-order valence-electron chi connectivity index (χ4n) is 2.50. The van der Waals surface area contributed by atoms with E-state index in [1.54, 1.807) is 18.2 Å². The van der Waals surface area contributed by atoms with Crippen molar-refractivity contribution in [2.45, 2.75) is 44.9 Å². The molecule has 0 heterocycles. The molecule has 0 aliphatic heterocycles. The first-order chi connectivity index (χ1) is 11.5. The summed E-state index contributed by atoms with van der Waals surface area (Å²) in [5, 5.41) is 0.753. The summed E-state index contributed by atoms with van der Waals surface area (Å²) in [5.41, 5.74) is 2.79. The highest BCUT2D eigenvalue weighted by molar-refractivity contribution is 7.88. The zero-order valence-corrected chi connectivity index (χ0v) is 17.1. The minimum atomic E-state index is -3.50. The van der Waals surface area contributed by atoms with Crippen molar-refractivity contribution in [2.75, 3.05) is 0 Å². The second-order valence-electron chi connectivity index (χ2n) is 7.22. The van der Waals surface area contributed by atoms with E-state index in [9.17, 15) is 8.42 Å². The number of rotatable bonds is 5. The van der Waals surface area contributed by atoms with Gasteiger partial charge in [-0.3, -0.25) is 0 Å². The van der Waals surface area contributed by atoms with Crippen molar-refractivity contribution < 1.29 is 8.42 Å². The van der Waals surface area contributed by atoms with Gasteiger partial charge in [0.15, 0.2) is 0 Å². The zero-order valence-electron chi connectivity index (χ0n) is 14.8. The maximum Gasteiger partial charge on any atom is 0.216 e. The molecule has 0 unspecified atom stereocenters. The molecular formula is C19H23Cl2NO2S. The van der Waals surface area contributed by atoms with Gasteiger partial charge in [-0.2, -0.15) is 0 Å². The normalized spacial score (nSPS) is 13.7. The van der Waals surface area contributed by atoms with Gasteiger partial charge in [-0.25, -0.2) is 13.1 Å². The molecule has 0 aliphatic rings. The molecular weight excluding hydrogens is 377 g/mol. The number of sulfonamides is 1. The highest BCUT2D eigenvalue weighted by Gasteiger charge is 2.18. The summed E-state index contributed by atoms with van der Waals surface area (Å²) >= 11 is 11.8. The quantitative estimate of drug-likeness (QED) is 0.723. The summed E-state index contributed by atoms with van der Waals surface area (Å²) in [5.74, 6) is -0.145. The Balaban J connectivity index is 2.10. The van der Waals surface area contributed by atoms with Gasteiger partial charge in [0.25, 0.3) is 0 Å². The van der Waals surface area contributed by atoms with Crippen molar-refractivity contribution in [2.24, 2.45) is 0 Å². The largest absolute Gasteiger partial charge is 0.216 e. The van der Waals surface area contributed by atoms with Crippen LogP contribution in [0.4, 0.5) is 0 Å². The molecule has 3 nitrogen and oxygen atoms in total. The first kappa shape index (κ1) is 20.2. The maximum absolute atomic E-state index is 12.4. The van der Waals surface area contributed by atoms with Crippen molar-refractivity contribution in [3.63, 3.8) is 0 Å². The molecule has 0 amide bonds. The predicted molar refractivity (Wildman–Crippen MR) is 106 cm³/mol. The van der Waals surface area contributed by atoms with Gasteiger partial charge in [0, 0.05) is 6.04 Å². The van der Waals surface area contributed by atoms with E-state index in [0.29, 0.717) is 15.6 Å². The Morgan fingerprint density at radius 1 is 1.00 bits per heavy atom. The summed E-state index contributed by atoms with van der Waals surface area (Å²) < 4.78 is 27.5. The van der Waals surface area contributed by atoms with Crippen LogP contribution in [-0.4, -0.2) is 8.42 Å². The lowest BCUT2D eigenvalue weighted by atomic mass is 9.86. The van der Waals surface area contributed by atoms with Crippen molar-refractivity contribution in [3.05, 3.63) is 69.2 Å². The maximum atomic E-state index is 12.4. The van der Waals surface area contributed by atoms with Gasteiger partial charge in [-0.05, 0) is 41.2 Å². The Labute approximate surface area is 160 Å². The molecule has 25 heavy (non-hydrogen) atoms. The molecule has 2 aromatic carbocycles. The predicted octanol–water partition coefficient (Wildman–Crippen LogP) is 5.47. The SMILES string of the molecule is C[C@@H](NS(=O)(=O)Cc1ccc(Cl)c(Cl)c1)c1ccc(C(C)(C)C)cc1. The molecule has 6 heteroatoms. The summed E-state index contributed by atoms with van der Waals surface area (Å²) in [6.45, 7) is 8.26. The summed E-state index contributed by atoms with van der Waals surface area (Å²) in [6.07, 6.45) is 0. The Morgan fingerprint density at radius 2 is 1.60 bits per heavy atom. The van der Waals surface area contributed by atoms with Crippen LogP contribution >= 0.6 is 23.2 Å². The molecule has 2 rings (SSSR count). The highest BCUT2D eigenvalue weighted by atomic mass is 35.5. The molecule has 0 radical (unpaired) electrons. The number of nitrogens with one attached hydrogen (secondary N) is 1. The number of benzene rings is 2. The van der Waals surface area contributed by atoms with E-state index in [2.05, 4.69) is 25.5 Å². The lowest BCUT2D eigenvalue weighted by molar-refractivity contribution is 0.565. The minimum absolute atomic E-state index is 0.0646. The van der Waals surface area contributed by atoms with Crippen LogP contribution in [0.2, 0.25) is 10.0 Å². The lowest BCUT2D eigenvalue weighted by Crippen LogP contribution is -2.28. The van der Waals surface area contributed by atoms with Crippen LogP contribution in [0.5, 0.6) is 0 Å². The molecule has 0 bridgehead atoms. The van der Waals surface area contributed by atoms with Gasteiger partial charge in [-0.1, -0.05) is 74.3 Å². The Kier molecular flexibility index (Phi) is 6.21. The number of hydrogen-bond acceptors (Lipinski definition) is 2. The molecule has 0 saturated heterocycles. The van der Waals surface area contributed by atoms with Crippen molar-refractivity contribution >= 4 is 33.2 Å². The van der Waals surface area contributed by atoms with Crippen LogP contribution in [-0.2, 0) is 21.2 Å². The molecule has 2 aromatic rings. The zero-order chi connectivity index (χ0) is 18.8. The standard InChI is InChI=1S/C19H23Cl2NO2S/c1-13(15-6-8-16(9-7-15)19(2,3)4)22-25(23,24)12-14-5-10-17(20)18(21)11-14/h5-11,13,22H,12H2,1-4H3/t13-/m1/s1. The summed E-state index contributed by atoms with van der Waals surface area (Å²) in [6, 6.07) is 12.5. The first-order valence-electron chi connectivity index (χ1n) is 8.02. The molecule has 1 N–H and O–H groups in total. The van der Waals surface area contributed by atoms with E-state index >= 15 is 0 Å². The van der Waals surface area contributed by atoms with E-state index in [0.717, 1.165) is 5.56 Å². The molecule has 136 valence electrons. The Bertz CT molecular complexity index is 841. The lowest BCUT2D eigenvalue weighted by Gasteiger charge is -2.20. The Morgan fingerprint density at radius 3 is 2.12 bits per heavy atom. The molecule has 0 fully saturated rings. The minimum Gasteiger partial charge on any atom is -0.212 e. The average molecular weight is 400 g/mol. The topological polar surface area (TPSA) is 46.2 Å². The molecule has 1 atom stereocenters. The van der Waals surface area contributed by atoms with Gasteiger partial charge in [0.05, 0.1) is 15.8 Å². The third-order valence-corrected chi connectivity index (χ3v) is 6.14. The van der Waals surface area contributed by atoms with Gasteiger partial charge < -0.3 is 0 Å². The second kappa shape index (κ2) is 7.67. The van der Waals surface area contributed by atoms with Gasteiger partial charge >= 0.3 is 0 Å². The van der Waals surface area contributed by atoms with Gasteiger partial charge in [0.2, 0.25) is 10.0 Å². The van der Waals surface area contributed by atoms with Crippen molar-refractivity contribution in [3.8, 4) is 0 Å². The molecule has 0 saturated carbocycles. The number of halogens is 2. The van der Waals surface area contributed by atoms with Crippen LogP contribution in [0.15, 0.2) is 42.5 Å². The molecule has 0 aromatic heterocycles.